The highest BCUT2D eigenvalue weighted by atomic mass is 19.4. The molecule has 0 fully saturated rings. The highest BCUT2D eigenvalue weighted by molar-refractivity contribution is 5.47. The Balaban J connectivity index is 3.02. The summed E-state index contributed by atoms with van der Waals surface area (Å²) < 4.78 is 43.4. The average molecular weight is 249 g/mol. The van der Waals surface area contributed by atoms with E-state index in [1.165, 1.54) is 32.4 Å². The van der Waals surface area contributed by atoms with E-state index in [2.05, 4.69) is 4.98 Å². The number of alkyl halides is 3. The van der Waals surface area contributed by atoms with Gasteiger partial charge in [0, 0.05) is 7.11 Å². The van der Waals surface area contributed by atoms with Gasteiger partial charge in [0.1, 0.15) is 5.82 Å². The molecule has 0 saturated carbocycles. The third-order valence-corrected chi connectivity index (χ3v) is 2.14. The minimum atomic E-state index is -4.51. The second-order valence-corrected chi connectivity index (χ2v) is 3.59. The smallest absolute Gasteiger partial charge is 0.397 e. The van der Waals surface area contributed by atoms with E-state index in [1.807, 2.05) is 0 Å². The molecular weight excluding hydrogens is 235 g/mol. The van der Waals surface area contributed by atoms with E-state index < -0.39 is 12.3 Å². The Kier molecular flexibility index (Phi) is 4.17. The maximum absolute atomic E-state index is 12.9. The van der Waals surface area contributed by atoms with Gasteiger partial charge in [-0.05, 0) is 19.1 Å². The van der Waals surface area contributed by atoms with Crippen molar-refractivity contribution in [3.63, 3.8) is 0 Å². The van der Waals surface area contributed by atoms with Crippen LogP contribution in [0.5, 0.6) is 0 Å². The van der Waals surface area contributed by atoms with Gasteiger partial charge in [0.2, 0.25) is 0 Å². The van der Waals surface area contributed by atoms with Crippen molar-refractivity contribution in [2.75, 3.05) is 24.4 Å². The highest BCUT2D eigenvalue weighted by Crippen LogP contribution is 2.29. The molecule has 1 aromatic rings. The molecule has 0 aromatic carbocycles. The fraction of sp³-hybridized carbons (Fsp3) is 0.500. The fourth-order valence-electron chi connectivity index (χ4n) is 1.46. The molecule has 1 atom stereocenters. The standard InChI is InChI=1S/C10H14F3N3O/c1-7(6-17-2)16(10(11,12)13)9-4-3-8(14)5-15-9/h3-5,7H,6,14H2,1-2H3. The molecule has 4 nitrogen and oxygen atoms in total. The molecule has 7 heteroatoms. The van der Waals surface area contributed by atoms with Crippen molar-refractivity contribution in [3.05, 3.63) is 18.3 Å². The Bertz CT molecular complexity index is 353. The second-order valence-electron chi connectivity index (χ2n) is 3.59. The molecule has 0 bridgehead atoms. The molecule has 0 spiro atoms. The van der Waals surface area contributed by atoms with Gasteiger partial charge < -0.3 is 10.5 Å². The first-order valence-electron chi connectivity index (χ1n) is 4.92. The van der Waals surface area contributed by atoms with Crippen LogP contribution in [0.25, 0.3) is 0 Å². The lowest BCUT2D eigenvalue weighted by atomic mass is 10.3. The summed E-state index contributed by atoms with van der Waals surface area (Å²) in [5, 5.41) is 0. The van der Waals surface area contributed by atoms with Crippen molar-refractivity contribution in [2.24, 2.45) is 0 Å². The van der Waals surface area contributed by atoms with Crippen LogP contribution in [0.3, 0.4) is 0 Å². The lowest BCUT2D eigenvalue weighted by Gasteiger charge is -2.31. The van der Waals surface area contributed by atoms with Crippen LogP contribution in [-0.2, 0) is 4.74 Å². The Labute approximate surface area is 97.2 Å². The summed E-state index contributed by atoms with van der Waals surface area (Å²) in [6, 6.07) is 1.74. The SMILES string of the molecule is COCC(C)N(c1ccc(N)cn1)C(F)(F)F. The summed E-state index contributed by atoms with van der Waals surface area (Å²) in [5.74, 6) is -0.198. The molecule has 0 aliphatic heterocycles. The molecule has 1 unspecified atom stereocenters. The molecule has 0 radical (unpaired) electrons. The molecule has 0 aliphatic rings. The van der Waals surface area contributed by atoms with E-state index in [4.69, 9.17) is 10.5 Å². The lowest BCUT2D eigenvalue weighted by molar-refractivity contribution is -0.136. The van der Waals surface area contributed by atoms with Gasteiger partial charge in [-0.1, -0.05) is 0 Å². The number of nitrogens with two attached hydrogens (primary N) is 1. The van der Waals surface area contributed by atoms with Gasteiger partial charge in [-0.2, -0.15) is 13.2 Å². The fourth-order valence-corrected chi connectivity index (χ4v) is 1.46. The van der Waals surface area contributed by atoms with Crippen molar-refractivity contribution in [1.82, 2.24) is 4.98 Å². The maximum Gasteiger partial charge on any atom is 0.486 e. The van der Waals surface area contributed by atoms with Gasteiger partial charge in [-0.15, -0.1) is 0 Å². The van der Waals surface area contributed by atoms with Gasteiger partial charge in [0.15, 0.2) is 0 Å². The Morgan fingerprint density at radius 2 is 2.12 bits per heavy atom. The van der Waals surface area contributed by atoms with E-state index in [0.29, 0.717) is 5.69 Å². The molecule has 0 amide bonds. The molecule has 0 saturated heterocycles. The largest absolute Gasteiger partial charge is 0.486 e. The normalized spacial score (nSPS) is 13.5. The Hall–Kier alpha value is -1.50. The average Bonchev–Trinajstić information content (AvgIpc) is 2.19. The van der Waals surface area contributed by atoms with Crippen LogP contribution in [0.2, 0.25) is 0 Å². The number of methoxy groups -OCH3 is 1. The third-order valence-electron chi connectivity index (χ3n) is 2.14. The summed E-state index contributed by atoms with van der Waals surface area (Å²) in [5.41, 5.74) is 5.70. The van der Waals surface area contributed by atoms with Crippen molar-refractivity contribution >= 4 is 11.5 Å². The van der Waals surface area contributed by atoms with Crippen LogP contribution < -0.4 is 10.6 Å². The van der Waals surface area contributed by atoms with E-state index in [-0.39, 0.29) is 17.3 Å². The summed E-state index contributed by atoms with van der Waals surface area (Å²) in [6.45, 7) is 1.36. The monoisotopic (exact) mass is 249 g/mol. The number of nitrogen functional groups attached to an aromatic ring is 1. The predicted molar refractivity (Wildman–Crippen MR) is 58.5 cm³/mol. The molecule has 2 N–H and O–H groups in total. The third kappa shape index (κ3) is 3.48. The van der Waals surface area contributed by atoms with Crippen molar-refractivity contribution < 1.29 is 17.9 Å². The molecule has 1 heterocycles. The van der Waals surface area contributed by atoms with Crippen LogP contribution in [0.15, 0.2) is 18.3 Å². The van der Waals surface area contributed by atoms with Crippen LogP contribution >= 0.6 is 0 Å². The molecule has 96 valence electrons. The quantitative estimate of drug-likeness (QED) is 0.829. The number of pyridine rings is 1. The number of aromatic nitrogens is 1. The van der Waals surface area contributed by atoms with Gasteiger partial charge >= 0.3 is 6.30 Å². The van der Waals surface area contributed by atoms with Crippen molar-refractivity contribution in [3.8, 4) is 0 Å². The number of hydrogen-bond acceptors (Lipinski definition) is 4. The first-order valence-corrected chi connectivity index (χ1v) is 4.92. The van der Waals surface area contributed by atoms with Crippen molar-refractivity contribution in [2.45, 2.75) is 19.3 Å². The molecule has 1 rings (SSSR count). The molecule has 0 aliphatic carbocycles. The van der Waals surface area contributed by atoms with Gasteiger partial charge in [0.25, 0.3) is 0 Å². The van der Waals surface area contributed by atoms with Crippen LogP contribution in [0.1, 0.15) is 6.92 Å². The first-order chi connectivity index (χ1) is 7.86. The summed E-state index contributed by atoms with van der Waals surface area (Å²) in [6.07, 6.45) is -3.32. The summed E-state index contributed by atoms with van der Waals surface area (Å²) in [7, 11) is 1.35. The van der Waals surface area contributed by atoms with Crippen molar-refractivity contribution in [1.29, 1.82) is 0 Å². The number of rotatable bonds is 4. The lowest BCUT2D eigenvalue weighted by Crippen LogP contribution is -2.47. The zero-order valence-electron chi connectivity index (χ0n) is 9.53. The van der Waals surface area contributed by atoms with Crippen LogP contribution in [0, 0.1) is 0 Å². The number of ether oxygens (including phenoxy) is 1. The molecule has 1 aromatic heterocycles. The van der Waals surface area contributed by atoms with Gasteiger partial charge in [-0.25, -0.2) is 4.98 Å². The predicted octanol–water partition coefficient (Wildman–Crippen LogP) is 2.02. The minimum Gasteiger partial charge on any atom is -0.397 e. The zero-order chi connectivity index (χ0) is 13.1. The number of nitrogens with zero attached hydrogens (tertiary/aromatic N) is 2. The van der Waals surface area contributed by atoms with E-state index in [9.17, 15) is 13.2 Å². The van der Waals surface area contributed by atoms with Crippen LogP contribution in [-0.4, -0.2) is 31.0 Å². The van der Waals surface area contributed by atoms with E-state index in [0.717, 1.165) is 0 Å². The first kappa shape index (κ1) is 13.6. The maximum atomic E-state index is 12.9. The van der Waals surface area contributed by atoms with Gasteiger partial charge in [-0.3, -0.25) is 4.90 Å². The molecule has 17 heavy (non-hydrogen) atoms. The van der Waals surface area contributed by atoms with Gasteiger partial charge in [0.05, 0.1) is 24.5 Å². The summed E-state index contributed by atoms with van der Waals surface area (Å²) >= 11 is 0. The number of halogens is 3. The number of anilines is 2. The topological polar surface area (TPSA) is 51.4 Å². The number of hydrogen-bond donors (Lipinski definition) is 1. The Morgan fingerprint density at radius 3 is 2.53 bits per heavy atom. The highest BCUT2D eigenvalue weighted by Gasteiger charge is 2.41. The van der Waals surface area contributed by atoms with E-state index in [1.54, 1.807) is 0 Å². The zero-order valence-corrected chi connectivity index (χ0v) is 9.53. The van der Waals surface area contributed by atoms with E-state index >= 15 is 0 Å². The minimum absolute atomic E-state index is 0.0500. The molecular formula is C10H14F3N3O. The summed E-state index contributed by atoms with van der Waals surface area (Å²) in [4.78, 5) is 3.92. The Morgan fingerprint density at radius 1 is 1.47 bits per heavy atom. The second kappa shape index (κ2) is 5.22. The van der Waals surface area contributed by atoms with Crippen LogP contribution in [0.4, 0.5) is 24.7 Å².